The first-order valence-electron chi connectivity index (χ1n) is 5.22. The van der Waals surface area contributed by atoms with E-state index >= 15 is 0 Å². The Balaban J connectivity index is 2.02. The van der Waals surface area contributed by atoms with Crippen molar-refractivity contribution in [1.29, 1.82) is 0 Å². The molecule has 0 bridgehead atoms. The Labute approximate surface area is 79.5 Å². The SMILES string of the molecule is CC1(CO)COC2(CCCCC2)N1. The molecule has 0 aromatic carbocycles. The highest BCUT2D eigenvalue weighted by molar-refractivity contribution is 4.98. The summed E-state index contributed by atoms with van der Waals surface area (Å²) < 4.78 is 5.82. The van der Waals surface area contributed by atoms with Gasteiger partial charge in [0, 0.05) is 0 Å². The van der Waals surface area contributed by atoms with E-state index in [4.69, 9.17) is 4.74 Å². The summed E-state index contributed by atoms with van der Waals surface area (Å²) in [5.41, 5.74) is -0.312. The van der Waals surface area contributed by atoms with Crippen LogP contribution in [0.4, 0.5) is 0 Å². The van der Waals surface area contributed by atoms with Crippen LogP contribution in [0.1, 0.15) is 39.0 Å². The highest BCUT2D eigenvalue weighted by atomic mass is 16.5. The molecular formula is C10H19NO2. The van der Waals surface area contributed by atoms with Crippen LogP contribution < -0.4 is 5.32 Å². The average Bonchev–Trinajstić information content (AvgIpc) is 2.47. The molecule has 3 heteroatoms. The molecule has 1 spiro atoms. The van der Waals surface area contributed by atoms with Gasteiger partial charge in [-0.05, 0) is 32.6 Å². The van der Waals surface area contributed by atoms with Crippen LogP contribution in [0.5, 0.6) is 0 Å². The Morgan fingerprint density at radius 2 is 2.00 bits per heavy atom. The number of rotatable bonds is 1. The lowest BCUT2D eigenvalue weighted by molar-refractivity contribution is -0.0384. The molecule has 0 aromatic heterocycles. The van der Waals surface area contributed by atoms with Crippen molar-refractivity contribution < 1.29 is 9.84 Å². The van der Waals surface area contributed by atoms with Crippen molar-refractivity contribution >= 4 is 0 Å². The van der Waals surface area contributed by atoms with Gasteiger partial charge in [0.2, 0.25) is 0 Å². The normalized spacial score (nSPS) is 38.3. The monoisotopic (exact) mass is 185 g/mol. The number of hydrogen-bond donors (Lipinski definition) is 2. The second kappa shape index (κ2) is 3.23. The maximum absolute atomic E-state index is 9.20. The van der Waals surface area contributed by atoms with E-state index in [0.717, 1.165) is 12.8 Å². The lowest BCUT2D eigenvalue weighted by atomic mass is 9.91. The third-order valence-electron chi connectivity index (χ3n) is 3.21. The fraction of sp³-hybridized carbons (Fsp3) is 1.00. The summed E-state index contributed by atoms with van der Waals surface area (Å²) in [6, 6.07) is 0. The van der Waals surface area contributed by atoms with Gasteiger partial charge in [-0.1, -0.05) is 6.42 Å². The summed E-state index contributed by atoms with van der Waals surface area (Å²) in [5, 5.41) is 12.7. The van der Waals surface area contributed by atoms with Gasteiger partial charge in [-0.3, -0.25) is 5.32 Å². The molecule has 1 saturated carbocycles. The first-order chi connectivity index (χ1) is 6.18. The van der Waals surface area contributed by atoms with E-state index in [2.05, 4.69) is 5.32 Å². The lowest BCUT2D eigenvalue weighted by Gasteiger charge is -2.34. The Morgan fingerprint density at radius 3 is 2.54 bits per heavy atom. The molecule has 2 aliphatic rings. The van der Waals surface area contributed by atoms with Crippen molar-refractivity contribution in [1.82, 2.24) is 5.32 Å². The second-order valence-electron chi connectivity index (χ2n) is 4.69. The van der Waals surface area contributed by atoms with E-state index in [1.54, 1.807) is 0 Å². The standard InChI is InChI=1S/C10H19NO2/c1-9(7-12)8-13-10(11-9)5-3-2-4-6-10/h11-12H,2-8H2,1H3. The quantitative estimate of drug-likeness (QED) is 0.641. The van der Waals surface area contributed by atoms with Crippen LogP contribution in [-0.2, 0) is 4.74 Å². The van der Waals surface area contributed by atoms with Crippen molar-refractivity contribution in [3.8, 4) is 0 Å². The minimum atomic E-state index is -0.211. The van der Waals surface area contributed by atoms with Crippen molar-refractivity contribution in [2.24, 2.45) is 0 Å². The van der Waals surface area contributed by atoms with Gasteiger partial charge in [-0.2, -0.15) is 0 Å². The van der Waals surface area contributed by atoms with Gasteiger partial charge in [-0.15, -0.1) is 0 Å². The van der Waals surface area contributed by atoms with Gasteiger partial charge in [0.25, 0.3) is 0 Å². The zero-order valence-corrected chi connectivity index (χ0v) is 8.31. The van der Waals surface area contributed by atoms with Crippen LogP contribution in [0.3, 0.4) is 0 Å². The largest absolute Gasteiger partial charge is 0.394 e. The van der Waals surface area contributed by atoms with Gasteiger partial charge in [0.15, 0.2) is 0 Å². The maximum Gasteiger partial charge on any atom is 0.119 e. The summed E-state index contributed by atoms with van der Waals surface area (Å²) in [5.74, 6) is 0. The van der Waals surface area contributed by atoms with E-state index < -0.39 is 0 Å². The Kier molecular flexibility index (Phi) is 2.34. The van der Waals surface area contributed by atoms with Crippen molar-refractivity contribution in [3.05, 3.63) is 0 Å². The summed E-state index contributed by atoms with van der Waals surface area (Å²) in [6.07, 6.45) is 6.01. The van der Waals surface area contributed by atoms with Crippen molar-refractivity contribution in [2.45, 2.75) is 50.3 Å². The van der Waals surface area contributed by atoms with Crippen LogP contribution in [0.2, 0.25) is 0 Å². The molecule has 0 amide bonds. The highest BCUT2D eigenvalue weighted by Crippen LogP contribution is 2.35. The molecule has 2 rings (SSSR count). The minimum absolute atomic E-state index is 0.101. The van der Waals surface area contributed by atoms with Crippen LogP contribution in [-0.4, -0.2) is 29.6 Å². The number of aliphatic hydroxyl groups is 1. The Bertz CT molecular complexity index is 189. The molecule has 0 aromatic rings. The van der Waals surface area contributed by atoms with Crippen LogP contribution in [0, 0.1) is 0 Å². The molecule has 1 saturated heterocycles. The van der Waals surface area contributed by atoms with Crippen LogP contribution in [0.25, 0.3) is 0 Å². The second-order valence-corrected chi connectivity index (χ2v) is 4.69. The first kappa shape index (κ1) is 9.44. The van der Waals surface area contributed by atoms with Crippen LogP contribution in [0.15, 0.2) is 0 Å². The van der Waals surface area contributed by atoms with Crippen LogP contribution >= 0.6 is 0 Å². The molecule has 1 heterocycles. The van der Waals surface area contributed by atoms with E-state index in [0.29, 0.717) is 6.61 Å². The zero-order chi connectivity index (χ0) is 9.36. The Morgan fingerprint density at radius 1 is 1.31 bits per heavy atom. The van der Waals surface area contributed by atoms with Crippen molar-refractivity contribution in [3.63, 3.8) is 0 Å². The fourth-order valence-corrected chi connectivity index (χ4v) is 2.40. The van der Waals surface area contributed by atoms with Crippen molar-refractivity contribution in [2.75, 3.05) is 13.2 Å². The summed E-state index contributed by atoms with van der Waals surface area (Å²) >= 11 is 0. The minimum Gasteiger partial charge on any atom is -0.394 e. The van der Waals surface area contributed by atoms with E-state index in [1.807, 2.05) is 6.92 Å². The number of ether oxygens (including phenoxy) is 1. The summed E-state index contributed by atoms with van der Waals surface area (Å²) in [7, 11) is 0. The fourth-order valence-electron chi connectivity index (χ4n) is 2.40. The average molecular weight is 185 g/mol. The lowest BCUT2D eigenvalue weighted by Crippen LogP contribution is -2.52. The highest BCUT2D eigenvalue weighted by Gasteiger charge is 2.45. The predicted molar refractivity (Wildman–Crippen MR) is 50.4 cm³/mol. The Hall–Kier alpha value is -0.120. The van der Waals surface area contributed by atoms with E-state index in [-0.39, 0.29) is 17.9 Å². The van der Waals surface area contributed by atoms with Gasteiger partial charge in [-0.25, -0.2) is 0 Å². The molecule has 1 unspecified atom stereocenters. The molecular weight excluding hydrogens is 166 g/mol. The molecule has 1 aliphatic heterocycles. The summed E-state index contributed by atoms with van der Waals surface area (Å²) in [4.78, 5) is 0. The number of nitrogens with one attached hydrogen (secondary N) is 1. The van der Waals surface area contributed by atoms with Gasteiger partial charge < -0.3 is 9.84 Å². The number of aliphatic hydroxyl groups excluding tert-OH is 1. The maximum atomic E-state index is 9.20. The molecule has 13 heavy (non-hydrogen) atoms. The molecule has 0 radical (unpaired) electrons. The molecule has 2 N–H and O–H groups in total. The third-order valence-corrected chi connectivity index (χ3v) is 3.21. The molecule has 1 aliphatic carbocycles. The molecule has 76 valence electrons. The molecule has 2 fully saturated rings. The zero-order valence-electron chi connectivity index (χ0n) is 8.31. The molecule has 3 nitrogen and oxygen atoms in total. The third kappa shape index (κ3) is 1.73. The number of hydrogen-bond acceptors (Lipinski definition) is 3. The predicted octanol–water partition coefficient (Wildman–Crippen LogP) is 1.02. The topological polar surface area (TPSA) is 41.5 Å². The van der Waals surface area contributed by atoms with E-state index in [1.165, 1.54) is 19.3 Å². The smallest absolute Gasteiger partial charge is 0.119 e. The molecule has 1 atom stereocenters. The van der Waals surface area contributed by atoms with E-state index in [9.17, 15) is 5.11 Å². The van der Waals surface area contributed by atoms with Gasteiger partial charge in [0.1, 0.15) is 5.72 Å². The van der Waals surface area contributed by atoms with Gasteiger partial charge in [0.05, 0.1) is 18.8 Å². The van der Waals surface area contributed by atoms with Gasteiger partial charge >= 0.3 is 0 Å². The first-order valence-corrected chi connectivity index (χ1v) is 5.22. The summed E-state index contributed by atoms with van der Waals surface area (Å²) in [6.45, 7) is 2.83.